The summed E-state index contributed by atoms with van der Waals surface area (Å²) in [5, 5.41) is 5.91. The molecule has 8 heteroatoms. The minimum Gasteiger partial charge on any atom is -0.343 e. The van der Waals surface area contributed by atoms with Crippen LogP contribution in [0.5, 0.6) is 0 Å². The summed E-state index contributed by atoms with van der Waals surface area (Å²) in [6.07, 6.45) is 3.23. The highest BCUT2D eigenvalue weighted by atomic mass is 32.1. The van der Waals surface area contributed by atoms with Crippen molar-refractivity contribution in [2.24, 2.45) is 0 Å². The quantitative estimate of drug-likeness (QED) is 0.910. The first-order valence-electron chi connectivity index (χ1n) is 8.05. The molecule has 0 radical (unpaired) electrons. The summed E-state index contributed by atoms with van der Waals surface area (Å²) in [5.74, 6) is 0.270. The number of amides is 1. The van der Waals surface area contributed by atoms with Gasteiger partial charge in [-0.2, -0.15) is 0 Å². The zero-order valence-electron chi connectivity index (χ0n) is 14.1. The molecule has 1 fully saturated rings. The van der Waals surface area contributed by atoms with Crippen LogP contribution in [0.3, 0.4) is 0 Å². The number of nitrogens with zero attached hydrogens (tertiary/aromatic N) is 5. The number of carbonyl (C=O) groups excluding carboxylic acids is 1. The van der Waals surface area contributed by atoms with Gasteiger partial charge in [0.25, 0.3) is 0 Å². The molecule has 1 N–H and O–H groups in total. The molecule has 1 aliphatic rings. The van der Waals surface area contributed by atoms with Crippen LogP contribution in [0.15, 0.2) is 23.8 Å². The van der Waals surface area contributed by atoms with Gasteiger partial charge in [-0.3, -0.25) is 15.0 Å². The van der Waals surface area contributed by atoms with Gasteiger partial charge in [0.15, 0.2) is 5.13 Å². The van der Waals surface area contributed by atoms with Gasteiger partial charge in [0.05, 0.1) is 11.7 Å². The van der Waals surface area contributed by atoms with Crippen molar-refractivity contribution in [1.82, 2.24) is 19.9 Å². The van der Waals surface area contributed by atoms with E-state index in [1.54, 1.807) is 29.8 Å². The van der Waals surface area contributed by atoms with Crippen LogP contribution in [0.1, 0.15) is 19.5 Å². The number of aromatic nitrogens is 3. The molecule has 7 nitrogen and oxygen atoms in total. The van der Waals surface area contributed by atoms with E-state index in [1.165, 1.54) is 0 Å². The lowest BCUT2D eigenvalue weighted by Crippen LogP contribution is -2.56. The Labute approximate surface area is 145 Å². The van der Waals surface area contributed by atoms with Crippen molar-refractivity contribution >= 4 is 28.3 Å². The molecule has 2 aromatic heterocycles. The summed E-state index contributed by atoms with van der Waals surface area (Å²) < 4.78 is 0. The second kappa shape index (κ2) is 7.23. The van der Waals surface area contributed by atoms with Gasteiger partial charge in [-0.15, -0.1) is 11.3 Å². The first-order valence-corrected chi connectivity index (χ1v) is 8.93. The van der Waals surface area contributed by atoms with E-state index in [9.17, 15) is 4.79 Å². The maximum Gasteiger partial charge on any atom is 0.243 e. The van der Waals surface area contributed by atoms with E-state index in [-0.39, 0.29) is 11.9 Å². The third-order valence-electron chi connectivity index (χ3n) is 4.24. The highest BCUT2D eigenvalue weighted by molar-refractivity contribution is 7.13. The Morgan fingerprint density at radius 2 is 2.12 bits per heavy atom. The Kier molecular flexibility index (Phi) is 5.06. The van der Waals surface area contributed by atoms with E-state index in [0.717, 1.165) is 30.5 Å². The van der Waals surface area contributed by atoms with Gasteiger partial charge < -0.3 is 4.90 Å². The normalized spacial score (nSPS) is 20.0. The van der Waals surface area contributed by atoms with Crippen molar-refractivity contribution in [2.45, 2.75) is 32.9 Å². The molecule has 24 heavy (non-hydrogen) atoms. The molecule has 3 heterocycles. The molecule has 128 valence electrons. The van der Waals surface area contributed by atoms with E-state index in [4.69, 9.17) is 0 Å². The number of hydrogen-bond donors (Lipinski definition) is 1. The van der Waals surface area contributed by atoms with E-state index < -0.39 is 0 Å². The van der Waals surface area contributed by atoms with Crippen molar-refractivity contribution in [1.29, 1.82) is 0 Å². The van der Waals surface area contributed by atoms with E-state index in [0.29, 0.717) is 12.0 Å². The molecule has 0 saturated carbocycles. The maximum atomic E-state index is 12.4. The minimum atomic E-state index is -0.226. The smallest absolute Gasteiger partial charge is 0.243 e. The Hall–Kier alpha value is -2.06. The summed E-state index contributed by atoms with van der Waals surface area (Å²) in [5.41, 5.74) is 1.06. The van der Waals surface area contributed by atoms with Crippen LogP contribution in [0.2, 0.25) is 0 Å². The monoisotopic (exact) mass is 346 g/mol. The molecule has 1 saturated heterocycles. The van der Waals surface area contributed by atoms with Crippen LogP contribution in [-0.4, -0.2) is 57.5 Å². The largest absolute Gasteiger partial charge is 0.343 e. The van der Waals surface area contributed by atoms with Crippen LogP contribution < -0.4 is 10.2 Å². The van der Waals surface area contributed by atoms with Gasteiger partial charge in [0, 0.05) is 43.4 Å². The van der Waals surface area contributed by atoms with Gasteiger partial charge >= 0.3 is 0 Å². The van der Waals surface area contributed by atoms with Crippen molar-refractivity contribution in [3.05, 3.63) is 29.5 Å². The zero-order valence-corrected chi connectivity index (χ0v) is 15.0. The average molecular weight is 346 g/mol. The van der Waals surface area contributed by atoms with Crippen LogP contribution in [0.25, 0.3) is 0 Å². The van der Waals surface area contributed by atoms with Gasteiger partial charge in [0.1, 0.15) is 0 Å². The summed E-state index contributed by atoms with van der Waals surface area (Å²) in [6, 6.07) is 1.81. The number of nitrogens with one attached hydrogen (secondary N) is 1. The molecule has 0 aromatic carbocycles. The fourth-order valence-electron chi connectivity index (χ4n) is 2.84. The molecule has 0 aliphatic carbocycles. The Balaban J connectivity index is 1.59. The fraction of sp³-hybridized carbons (Fsp3) is 0.500. The number of thiazole rings is 1. The second-order valence-electron chi connectivity index (χ2n) is 6.05. The molecule has 2 atom stereocenters. The molecular weight excluding hydrogens is 324 g/mol. The molecule has 0 spiro atoms. The van der Waals surface area contributed by atoms with Crippen molar-refractivity contribution in [3.63, 3.8) is 0 Å². The second-order valence-corrected chi connectivity index (χ2v) is 6.88. The van der Waals surface area contributed by atoms with Crippen molar-refractivity contribution < 1.29 is 4.79 Å². The molecule has 3 rings (SSSR count). The van der Waals surface area contributed by atoms with E-state index >= 15 is 0 Å². The highest BCUT2D eigenvalue weighted by Gasteiger charge is 2.30. The number of anilines is 2. The number of hydrogen-bond acceptors (Lipinski definition) is 7. The SMILES string of the molecule is Cc1csc(N2CCN([C@@H](C)C(=O)Nc3ncccn3)C[C@H]2C)n1. The molecule has 1 amide bonds. The number of piperazine rings is 1. The van der Waals surface area contributed by atoms with Crippen LogP contribution in [0, 0.1) is 6.92 Å². The summed E-state index contributed by atoms with van der Waals surface area (Å²) in [7, 11) is 0. The van der Waals surface area contributed by atoms with Crippen molar-refractivity contribution in [2.75, 3.05) is 29.9 Å². The highest BCUT2D eigenvalue weighted by Crippen LogP contribution is 2.25. The fourth-order valence-corrected chi connectivity index (χ4v) is 3.77. The van der Waals surface area contributed by atoms with E-state index in [2.05, 4.69) is 42.4 Å². The average Bonchev–Trinajstić information content (AvgIpc) is 3.01. The lowest BCUT2D eigenvalue weighted by molar-refractivity contribution is -0.121. The van der Waals surface area contributed by atoms with E-state index in [1.807, 2.05) is 13.8 Å². The topological polar surface area (TPSA) is 74.2 Å². The predicted octanol–water partition coefficient (Wildman–Crippen LogP) is 1.78. The summed E-state index contributed by atoms with van der Waals surface area (Å²) >= 11 is 1.68. The zero-order chi connectivity index (χ0) is 17.1. The predicted molar refractivity (Wildman–Crippen MR) is 95.4 cm³/mol. The molecule has 2 aromatic rings. The number of carbonyl (C=O) groups is 1. The summed E-state index contributed by atoms with van der Waals surface area (Å²) in [6.45, 7) is 8.63. The van der Waals surface area contributed by atoms with Crippen LogP contribution in [-0.2, 0) is 4.79 Å². The third-order valence-corrected chi connectivity index (χ3v) is 5.24. The summed E-state index contributed by atoms with van der Waals surface area (Å²) in [4.78, 5) is 29.6. The standard InChI is InChI=1S/C16H22N6OS/c1-11-10-24-16(19-11)22-8-7-21(9-12(22)2)13(3)14(23)20-15-17-5-4-6-18-15/h4-6,10,12-13H,7-9H2,1-3H3,(H,17,18,20,23)/t12-,13+/m1/s1. The first-order chi connectivity index (χ1) is 11.5. The Bertz CT molecular complexity index is 691. The Morgan fingerprint density at radius 1 is 1.38 bits per heavy atom. The molecule has 0 unspecified atom stereocenters. The lowest BCUT2D eigenvalue weighted by Gasteiger charge is -2.41. The molecular formula is C16H22N6OS. The number of aryl methyl sites for hydroxylation is 1. The maximum absolute atomic E-state index is 12.4. The van der Waals surface area contributed by atoms with Gasteiger partial charge in [-0.25, -0.2) is 15.0 Å². The first kappa shape index (κ1) is 16.8. The van der Waals surface area contributed by atoms with Gasteiger partial charge in [-0.05, 0) is 26.8 Å². The van der Waals surface area contributed by atoms with Crippen LogP contribution in [0.4, 0.5) is 11.1 Å². The van der Waals surface area contributed by atoms with Crippen molar-refractivity contribution in [3.8, 4) is 0 Å². The molecule has 0 bridgehead atoms. The van der Waals surface area contributed by atoms with Crippen LogP contribution >= 0.6 is 11.3 Å². The lowest BCUT2D eigenvalue weighted by atomic mass is 10.1. The van der Waals surface area contributed by atoms with Gasteiger partial charge in [0.2, 0.25) is 11.9 Å². The minimum absolute atomic E-state index is 0.0769. The Morgan fingerprint density at radius 3 is 2.75 bits per heavy atom. The third kappa shape index (κ3) is 3.70. The number of rotatable bonds is 4. The van der Waals surface area contributed by atoms with Gasteiger partial charge in [-0.1, -0.05) is 0 Å². The molecule has 1 aliphatic heterocycles.